The fraction of sp³-hybridized carbons (Fsp3) is 0.583. The van der Waals surface area contributed by atoms with Crippen LogP contribution >= 0.6 is 11.6 Å². The first-order valence-electron chi connectivity index (χ1n) is 6.45. The molecule has 0 unspecified atom stereocenters. The summed E-state index contributed by atoms with van der Waals surface area (Å²) in [5, 5.41) is 18.2. The van der Waals surface area contributed by atoms with Gasteiger partial charge in [-0.15, -0.1) is 0 Å². The van der Waals surface area contributed by atoms with E-state index in [9.17, 15) is 5.11 Å². The standard InChI is InChI=1S/C12H16ClN5O2/c1-18(7-12(19)2-4-20-5-3-12)10-8-6-14-17-9(8)15-11(13)16-10/h6,19H,2-5,7H2,1H3,(H,14,15,16,17). The van der Waals surface area contributed by atoms with Crippen molar-refractivity contribution in [1.82, 2.24) is 20.2 Å². The largest absolute Gasteiger partial charge is 0.388 e. The smallest absolute Gasteiger partial charge is 0.226 e. The monoisotopic (exact) mass is 297 g/mol. The molecule has 3 rings (SSSR count). The lowest BCUT2D eigenvalue weighted by Gasteiger charge is -2.35. The Labute approximate surface area is 120 Å². The van der Waals surface area contributed by atoms with Crippen molar-refractivity contribution in [3.63, 3.8) is 0 Å². The Morgan fingerprint density at radius 2 is 2.20 bits per heavy atom. The molecule has 1 aliphatic heterocycles. The molecule has 1 aliphatic rings. The Kier molecular flexibility index (Phi) is 3.49. The summed E-state index contributed by atoms with van der Waals surface area (Å²) < 4.78 is 5.29. The number of nitrogens with zero attached hydrogens (tertiary/aromatic N) is 4. The molecule has 0 atom stereocenters. The van der Waals surface area contributed by atoms with Crippen LogP contribution in [-0.2, 0) is 4.74 Å². The van der Waals surface area contributed by atoms with E-state index in [1.165, 1.54) is 0 Å². The van der Waals surface area contributed by atoms with E-state index in [4.69, 9.17) is 16.3 Å². The molecule has 0 amide bonds. The van der Waals surface area contributed by atoms with Gasteiger partial charge in [-0.1, -0.05) is 0 Å². The van der Waals surface area contributed by atoms with Gasteiger partial charge in [-0.2, -0.15) is 15.1 Å². The molecular weight excluding hydrogens is 282 g/mol. The van der Waals surface area contributed by atoms with E-state index in [-0.39, 0.29) is 5.28 Å². The van der Waals surface area contributed by atoms with Crippen LogP contribution in [0.15, 0.2) is 6.20 Å². The highest BCUT2D eigenvalue weighted by atomic mass is 35.5. The molecule has 0 spiro atoms. The van der Waals surface area contributed by atoms with Crippen molar-refractivity contribution in [1.29, 1.82) is 0 Å². The predicted molar refractivity (Wildman–Crippen MR) is 75.0 cm³/mol. The van der Waals surface area contributed by atoms with Gasteiger partial charge in [0.25, 0.3) is 0 Å². The van der Waals surface area contributed by atoms with Crippen LogP contribution < -0.4 is 4.90 Å². The van der Waals surface area contributed by atoms with Crippen LogP contribution in [0.5, 0.6) is 0 Å². The summed E-state index contributed by atoms with van der Waals surface area (Å²) in [4.78, 5) is 10.2. The molecule has 1 fully saturated rings. The summed E-state index contributed by atoms with van der Waals surface area (Å²) in [6.45, 7) is 1.62. The second-order valence-electron chi connectivity index (χ2n) is 5.14. The number of hydrogen-bond acceptors (Lipinski definition) is 6. The Bertz CT molecular complexity index is 611. The number of aromatic amines is 1. The van der Waals surface area contributed by atoms with Crippen molar-refractivity contribution in [2.45, 2.75) is 18.4 Å². The number of aromatic nitrogens is 4. The lowest BCUT2D eigenvalue weighted by Crippen LogP contribution is -2.46. The average Bonchev–Trinajstić information content (AvgIpc) is 2.85. The maximum atomic E-state index is 10.6. The molecule has 0 saturated carbocycles. The summed E-state index contributed by atoms with van der Waals surface area (Å²) in [6, 6.07) is 0. The van der Waals surface area contributed by atoms with E-state index in [1.54, 1.807) is 6.20 Å². The molecule has 0 aliphatic carbocycles. The second kappa shape index (κ2) is 5.16. The summed E-state index contributed by atoms with van der Waals surface area (Å²) in [5.41, 5.74) is -0.175. The summed E-state index contributed by atoms with van der Waals surface area (Å²) in [7, 11) is 1.87. The molecule has 1 saturated heterocycles. The number of hydrogen-bond donors (Lipinski definition) is 2. The Balaban J connectivity index is 1.88. The van der Waals surface area contributed by atoms with E-state index < -0.39 is 5.60 Å². The van der Waals surface area contributed by atoms with Crippen LogP contribution in [0, 0.1) is 0 Å². The molecule has 20 heavy (non-hydrogen) atoms. The van der Waals surface area contributed by atoms with E-state index in [0.717, 1.165) is 5.39 Å². The number of nitrogens with one attached hydrogen (secondary N) is 1. The molecule has 2 aromatic rings. The van der Waals surface area contributed by atoms with Gasteiger partial charge in [0.1, 0.15) is 5.82 Å². The van der Waals surface area contributed by atoms with Gasteiger partial charge in [0, 0.05) is 39.6 Å². The van der Waals surface area contributed by atoms with Crippen LogP contribution in [0.4, 0.5) is 5.82 Å². The minimum absolute atomic E-state index is 0.155. The Morgan fingerprint density at radius 1 is 1.45 bits per heavy atom. The minimum atomic E-state index is -0.763. The van der Waals surface area contributed by atoms with Crippen molar-refractivity contribution in [3.8, 4) is 0 Å². The van der Waals surface area contributed by atoms with E-state index in [2.05, 4.69) is 20.2 Å². The molecular formula is C12H16ClN5O2. The zero-order valence-electron chi connectivity index (χ0n) is 11.1. The highest BCUT2D eigenvalue weighted by Crippen LogP contribution is 2.27. The molecule has 3 heterocycles. The molecule has 2 N–H and O–H groups in total. The van der Waals surface area contributed by atoms with Crippen molar-refractivity contribution in [2.24, 2.45) is 0 Å². The molecule has 8 heteroatoms. The Hall–Kier alpha value is -1.44. The zero-order valence-corrected chi connectivity index (χ0v) is 11.9. The lowest BCUT2D eigenvalue weighted by atomic mass is 9.94. The van der Waals surface area contributed by atoms with Gasteiger partial charge in [0.2, 0.25) is 5.28 Å². The van der Waals surface area contributed by atoms with E-state index in [1.807, 2.05) is 11.9 Å². The van der Waals surface area contributed by atoms with Gasteiger partial charge >= 0.3 is 0 Å². The van der Waals surface area contributed by atoms with Gasteiger partial charge in [0.15, 0.2) is 5.65 Å². The molecule has 0 radical (unpaired) electrons. The summed E-state index contributed by atoms with van der Waals surface area (Å²) in [5.74, 6) is 0.661. The third-order valence-corrected chi connectivity index (χ3v) is 3.75. The first-order valence-corrected chi connectivity index (χ1v) is 6.83. The van der Waals surface area contributed by atoms with Crippen LogP contribution in [0.3, 0.4) is 0 Å². The van der Waals surface area contributed by atoms with Crippen molar-refractivity contribution in [3.05, 3.63) is 11.5 Å². The van der Waals surface area contributed by atoms with Gasteiger partial charge in [0.05, 0.1) is 17.2 Å². The number of H-pyrrole nitrogens is 1. The van der Waals surface area contributed by atoms with Crippen molar-refractivity contribution >= 4 is 28.5 Å². The predicted octanol–water partition coefficient (Wildman–Crippen LogP) is 0.984. The van der Waals surface area contributed by atoms with Gasteiger partial charge in [-0.3, -0.25) is 5.10 Å². The van der Waals surface area contributed by atoms with Crippen LogP contribution in [0.25, 0.3) is 11.0 Å². The molecule has 0 bridgehead atoms. The maximum Gasteiger partial charge on any atom is 0.226 e. The van der Waals surface area contributed by atoms with Crippen LogP contribution in [-0.4, -0.2) is 57.7 Å². The highest BCUT2D eigenvalue weighted by molar-refractivity contribution is 6.28. The number of anilines is 1. The summed E-state index contributed by atoms with van der Waals surface area (Å²) >= 11 is 5.92. The normalized spacial score (nSPS) is 18.4. The molecule has 7 nitrogen and oxygen atoms in total. The average molecular weight is 298 g/mol. The quantitative estimate of drug-likeness (QED) is 0.821. The van der Waals surface area contributed by atoms with Crippen LogP contribution in [0.1, 0.15) is 12.8 Å². The van der Waals surface area contributed by atoms with Crippen molar-refractivity contribution < 1.29 is 9.84 Å². The zero-order chi connectivity index (χ0) is 14.2. The molecule has 108 valence electrons. The van der Waals surface area contributed by atoms with E-state index in [0.29, 0.717) is 44.1 Å². The van der Waals surface area contributed by atoms with E-state index >= 15 is 0 Å². The fourth-order valence-electron chi connectivity index (χ4n) is 2.51. The number of rotatable bonds is 3. The molecule has 2 aromatic heterocycles. The Morgan fingerprint density at radius 3 is 2.95 bits per heavy atom. The van der Waals surface area contributed by atoms with Gasteiger partial charge < -0.3 is 14.7 Å². The topological polar surface area (TPSA) is 87.2 Å². The lowest BCUT2D eigenvalue weighted by molar-refractivity contribution is -0.0573. The van der Waals surface area contributed by atoms with Crippen LogP contribution in [0.2, 0.25) is 5.28 Å². The van der Waals surface area contributed by atoms with Gasteiger partial charge in [-0.05, 0) is 11.6 Å². The first kappa shape index (κ1) is 13.5. The number of aliphatic hydroxyl groups is 1. The number of ether oxygens (including phenoxy) is 1. The number of fused-ring (bicyclic) bond motifs is 1. The number of halogens is 1. The third kappa shape index (κ3) is 2.56. The number of likely N-dealkylation sites (N-methyl/N-ethyl adjacent to an activating group) is 1. The molecule has 0 aromatic carbocycles. The third-order valence-electron chi connectivity index (χ3n) is 3.58. The van der Waals surface area contributed by atoms with Crippen molar-refractivity contribution in [2.75, 3.05) is 31.7 Å². The first-order chi connectivity index (χ1) is 9.57. The SMILES string of the molecule is CN(CC1(O)CCOCC1)c1nc(Cl)nc2[nH]ncc12. The highest BCUT2D eigenvalue weighted by Gasteiger charge is 2.32. The van der Waals surface area contributed by atoms with Gasteiger partial charge in [-0.25, -0.2) is 0 Å². The fourth-order valence-corrected chi connectivity index (χ4v) is 2.67. The minimum Gasteiger partial charge on any atom is -0.388 e. The maximum absolute atomic E-state index is 10.6. The second-order valence-corrected chi connectivity index (χ2v) is 5.48. The summed E-state index contributed by atoms with van der Waals surface area (Å²) in [6.07, 6.45) is 2.89.